The van der Waals surface area contributed by atoms with Crippen molar-refractivity contribution in [3.05, 3.63) is 35.4 Å². The van der Waals surface area contributed by atoms with E-state index in [9.17, 15) is 8.78 Å². The summed E-state index contributed by atoms with van der Waals surface area (Å²) in [6.07, 6.45) is 1.44. The van der Waals surface area contributed by atoms with Crippen LogP contribution in [0.2, 0.25) is 0 Å². The maximum Gasteiger partial charge on any atom is 0.129 e. The zero-order valence-corrected chi connectivity index (χ0v) is 8.60. The molecule has 0 atom stereocenters. The first-order valence-corrected chi connectivity index (χ1v) is 5.08. The third-order valence-electron chi connectivity index (χ3n) is 2.14. The second-order valence-electron chi connectivity index (χ2n) is 3.38. The van der Waals surface area contributed by atoms with Gasteiger partial charge in [-0.1, -0.05) is 6.07 Å². The summed E-state index contributed by atoms with van der Waals surface area (Å²) in [4.78, 5) is 0. The van der Waals surface area contributed by atoms with Gasteiger partial charge >= 0.3 is 0 Å². The van der Waals surface area contributed by atoms with Crippen molar-refractivity contribution >= 4 is 0 Å². The molecule has 15 heavy (non-hydrogen) atoms. The molecule has 0 aliphatic rings. The summed E-state index contributed by atoms with van der Waals surface area (Å²) in [6, 6.07) is 3.70. The monoisotopic (exact) mass is 214 g/mol. The first-order valence-electron chi connectivity index (χ1n) is 5.08. The van der Waals surface area contributed by atoms with Gasteiger partial charge in [-0.15, -0.1) is 0 Å². The molecule has 2 nitrogen and oxygen atoms in total. The Kier molecular flexibility index (Phi) is 5.21. The number of hydrogen-bond donors (Lipinski definition) is 2. The van der Waals surface area contributed by atoms with E-state index in [2.05, 4.69) is 5.32 Å². The molecule has 0 heterocycles. The first-order chi connectivity index (χ1) is 7.24. The molecule has 0 aliphatic carbocycles. The molecule has 0 aromatic heterocycles. The van der Waals surface area contributed by atoms with Crippen LogP contribution in [0.5, 0.6) is 0 Å². The molecule has 1 aromatic rings. The number of halogens is 2. The second-order valence-corrected chi connectivity index (χ2v) is 3.38. The predicted molar refractivity (Wildman–Crippen MR) is 56.6 cm³/mol. The highest BCUT2D eigenvalue weighted by atomic mass is 19.1. The lowest BCUT2D eigenvalue weighted by atomic mass is 10.1. The molecule has 0 fully saturated rings. The molecule has 4 heteroatoms. The van der Waals surface area contributed by atoms with Crippen LogP contribution in [0.4, 0.5) is 8.78 Å². The maximum absolute atomic E-state index is 13.1. The highest BCUT2D eigenvalue weighted by Gasteiger charge is 2.02. The van der Waals surface area contributed by atoms with E-state index in [1.807, 2.05) is 0 Å². The Balaban J connectivity index is 2.31. The van der Waals surface area contributed by atoms with Gasteiger partial charge in [0.1, 0.15) is 11.6 Å². The van der Waals surface area contributed by atoms with Crippen molar-refractivity contribution in [1.82, 2.24) is 5.32 Å². The van der Waals surface area contributed by atoms with Gasteiger partial charge in [-0.05, 0) is 31.0 Å². The molecular formula is C11H16F2N2. The predicted octanol–water partition coefficient (Wildman–Crippen LogP) is 1.45. The zero-order chi connectivity index (χ0) is 11.1. The van der Waals surface area contributed by atoms with Crippen molar-refractivity contribution in [2.75, 3.05) is 19.6 Å². The van der Waals surface area contributed by atoms with E-state index in [1.54, 1.807) is 0 Å². The normalized spacial score (nSPS) is 10.6. The third kappa shape index (κ3) is 4.36. The largest absolute Gasteiger partial charge is 0.329 e. The molecule has 0 saturated heterocycles. The van der Waals surface area contributed by atoms with E-state index in [0.29, 0.717) is 18.5 Å². The van der Waals surface area contributed by atoms with Crippen LogP contribution >= 0.6 is 0 Å². The number of hydrogen-bond acceptors (Lipinski definition) is 2. The lowest BCUT2D eigenvalue weighted by Crippen LogP contribution is -2.23. The lowest BCUT2D eigenvalue weighted by molar-refractivity contribution is 0.565. The minimum atomic E-state index is -0.530. The quantitative estimate of drug-likeness (QED) is 0.703. The van der Waals surface area contributed by atoms with E-state index < -0.39 is 11.6 Å². The van der Waals surface area contributed by atoms with Crippen LogP contribution in [0.1, 0.15) is 12.0 Å². The minimum absolute atomic E-state index is 0.464. The Labute approximate surface area is 88.5 Å². The Morgan fingerprint density at radius 2 is 2.00 bits per heavy atom. The van der Waals surface area contributed by atoms with Gasteiger partial charge in [0.25, 0.3) is 0 Å². The zero-order valence-electron chi connectivity index (χ0n) is 8.60. The van der Waals surface area contributed by atoms with Crippen molar-refractivity contribution in [2.45, 2.75) is 12.8 Å². The number of rotatable bonds is 6. The van der Waals surface area contributed by atoms with Gasteiger partial charge in [-0.2, -0.15) is 0 Å². The lowest BCUT2D eigenvalue weighted by Gasteiger charge is -2.04. The Morgan fingerprint density at radius 1 is 1.20 bits per heavy atom. The molecule has 0 saturated carbocycles. The van der Waals surface area contributed by atoms with Crippen LogP contribution in [0.3, 0.4) is 0 Å². The summed E-state index contributed by atoms with van der Waals surface area (Å²) in [5.74, 6) is -0.994. The smallest absolute Gasteiger partial charge is 0.129 e. The van der Waals surface area contributed by atoms with E-state index in [0.717, 1.165) is 25.6 Å². The van der Waals surface area contributed by atoms with Crippen molar-refractivity contribution in [2.24, 2.45) is 5.73 Å². The van der Waals surface area contributed by atoms with Crippen LogP contribution in [-0.2, 0) is 6.42 Å². The van der Waals surface area contributed by atoms with E-state index in [-0.39, 0.29) is 0 Å². The van der Waals surface area contributed by atoms with Gasteiger partial charge in [0, 0.05) is 19.2 Å². The summed E-state index contributed by atoms with van der Waals surface area (Å²) >= 11 is 0. The van der Waals surface area contributed by atoms with Crippen LogP contribution in [-0.4, -0.2) is 19.6 Å². The molecule has 0 aliphatic heterocycles. The third-order valence-corrected chi connectivity index (χ3v) is 2.14. The molecule has 0 bridgehead atoms. The molecule has 84 valence electrons. The SMILES string of the molecule is NCCNCCCc1ccc(F)cc1F. The first kappa shape index (κ1) is 12.1. The highest BCUT2D eigenvalue weighted by Crippen LogP contribution is 2.10. The molecule has 0 unspecified atom stereocenters. The Morgan fingerprint density at radius 3 is 2.67 bits per heavy atom. The molecular weight excluding hydrogens is 198 g/mol. The summed E-state index contributed by atoms with van der Waals surface area (Å²) in [6.45, 7) is 2.17. The maximum atomic E-state index is 13.1. The molecule has 1 rings (SSSR count). The van der Waals surface area contributed by atoms with Gasteiger partial charge < -0.3 is 11.1 Å². The van der Waals surface area contributed by atoms with Gasteiger partial charge in [0.05, 0.1) is 0 Å². The van der Waals surface area contributed by atoms with Crippen LogP contribution in [0.15, 0.2) is 18.2 Å². The molecule has 0 amide bonds. The topological polar surface area (TPSA) is 38.0 Å². The number of nitrogens with two attached hydrogens (primary N) is 1. The van der Waals surface area contributed by atoms with Gasteiger partial charge in [0.2, 0.25) is 0 Å². The number of nitrogens with one attached hydrogen (secondary N) is 1. The molecule has 0 radical (unpaired) electrons. The summed E-state index contributed by atoms with van der Waals surface area (Å²) in [7, 11) is 0. The van der Waals surface area contributed by atoms with Crippen molar-refractivity contribution < 1.29 is 8.78 Å². The Hall–Kier alpha value is -1.00. The molecule has 3 N–H and O–H groups in total. The summed E-state index contributed by atoms with van der Waals surface area (Å²) in [5.41, 5.74) is 5.86. The van der Waals surface area contributed by atoms with E-state index >= 15 is 0 Å². The minimum Gasteiger partial charge on any atom is -0.329 e. The number of aryl methyl sites for hydroxylation is 1. The van der Waals surface area contributed by atoms with Crippen molar-refractivity contribution in [3.8, 4) is 0 Å². The summed E-state index contributed by atoms with van der Waals surface area (Å²) in [5, 5.41) is 3.11. The Bertz CT molecular complexity index is 303. The second kappa shape index (κ2) is 6.48. The van der Waals surface area contributed by atoms with Gasteiger partial charge in [-0.3, -0.25) is 0 Å². The average Bonchev–Trinajstić information content (AvgIpc) is 2.20. The van der Waals surface area contributed by atoms with Gasteiger partial charge in [-0.25, -0.2) is 8.78 Å². The summed E-state index contributed by atoms with van der Waals surface area (Å²) < 4.78 is 25.7. The van der Waals surface area contributed by atoms with Crippen LogP contribution in [0, 0.1) is 11.6 Å². The fourth-order valence-electron chi connectivity index (χ4n) is 1.36. The van der Waals surface area contributed by atoms with Crippen molar-refractivity contribution in [3.63, 3.8) is 0 Å². The fourth-order valence-corrected chi connectivity index (χ4v) is 1.36. The van der Waals surface area contributed by atoms with E-state index in [1.165, 1.54) is 12.1 Å². The van der Waals surface area contributed by atoms with Gasteiger partial charge in [0.15, 0.2) is 0 Å². The average molecular weight is 214 g/mol. The van der Waals surface area contributed by atoms with Crippen LogP contribution < -0.4 is 11.1 Å². The fraction of sp³-hybridized carbons (Fsp3) is 0.455. The highest BCUT2D eigenvalue weighted by molar-refractivity contribution is 5.18. The molecule has 0 spiro atoms. The van der Waals surface area contributed by atoms with Crippen molar-refractivity contribution in [1.29, 1.82) is 0 Å². The standard InChI is InChI=1S/C11H16F2N2/c12-10-4-3-9(11(13)8-10)2-1-6-15-7-5-14/h3-4,8,15H,1-2,5-7,14H2. The van der Waals surface area contributed by atoms with E-state index in [4.69, 9.17) is 5.73 Å². The van der Waals surface area contributed by atoms with Crippen LogP contribution in [0.25, 0.3) is 0 Å². The molecule has 1 aromatic carbocycles. The number of benzene rings is 1.